The van der Waals surface area contributed by atoms with E-state index in [1.807, 2.05) is 0 Å². The molecule has 3 aromatic carbocycles. The molecule has 3 aromatic rings. The van der Waals surface area contributed by atoms with Crippen LogP contribution < -0.4 is 4.72 Å². The minimum atomic E-state index is -4.08. The summed E-state index contributed by atoms with van der Waals surface area (Å²) >= 11 is 0. The number of carbonyl (C=O) groups is 2. The lowest BCUT2D eigenvalue weighted by molar-refractivity contribution is 0.0476. The maximum Gasteiger partial charge on any atom is 0.340 e. The van der Waals surface area contributed by atoms with Gasteiger partial charge in [0.1, 0.15) is 5.82 Å². The average molecular weight is 427 g/mol. The van der Waals surface area contributed by atoms with E-state index in [1.54, 1.807) is 36.4 Å². The maximum absolute atomic E-state index is 13.3. The fourth-order valence-electron chi connectivity index (χ4n) is 2.78. The number of benzene rings is 3. The Bertz CT molecular complexity index is 1190. The first kappa shape index (κ1) is 21.2. The van der Waals surface area contributed by atoms with Crippen molar-refractivity contribution in [2.24, 2.45) is 0 Å². The summed E-state index contributed by atoms with van der Waals surface area (Å²) in [5, 5.41) is 0. The van der Waals surface area contributed by atoms with Gasteiger partial charge < -0.3 is 4.74 Å². The summed E-state index contributed by atoms with van der Waals surface area (Å²) in [7, 11) is -4.08. The van der Waals surface area contributed by atoms with Crippen molar-refractivity contribution < 1.29 is 27.1 Å². The topological polar surface area (TPSA) is 89.5 Å². The monoisotopic (exact) mass is 427 g/mol. The zero-order chi connectivity index (χ0) is 21.7. The van der Waals surface area contributed by atoms with Crippen molar-refractivity contribution in [3.8, 4) is 0 Å². The molecule has 8 heteroatoms. The molecule has 1 N–H and O–H groups in total. The number of ketones is 1. The second kappa shape index (κ2) is 8.87. The van der Waals surface area contributed by atoms with Crippen molar-refractivity contribution in [1.82, 2.24) is 0 Å². The van der Waals surface area contributed by atoms with Crippen molar-refractivity contribution in [1.29, 1.82) is 0 Å². The number of sulfonamides is 1. The lowest BCUT2D eigenvalue weighted by Gasteiger charge is -2.13. The summed E-state index contributed by atoms with van der Waals surface area (Å²) in [6.45, 7) is 0.980. The molecule has 0 unspecified atom stereocenters. The van der Waals surface area contributed by atoms with Gasteiger partial charge in [-0.15, -0.1) is 0 Å². The first-order valence-corrected chi connectivity index (χ1v) is 10.4. The number of carbonyl (C=O) groups excluding carboxylic acids is 2. The van der Waals surface area contributed by atoms with Gasteiger partial charge in [-0.3, -0.25) is 9.52 Å². The van der Waals surface area contributed by atoms with Crippen LogP contribution in [-0.2, 0) is 14.8 Å². The lowest BCUT2D eigenvalue weighted by Crippen LogP contribution is -2.19. The van der Waals surface area contributed by atoms with E-state index in [0.29, 0.717) is 5.56 Å². The van der Waals surface area contributed by atoms with E-state index >= 15 is 0 Å². The quantitative estimate of drug-likeness (QED) is 0.455. The highest BCUT2D eigenvalue weighted by molar-refractivity contribution is 7.92. The Balaban J connectivity index is 1.78. The van der Waals surface area contributed by atoms with Gasteiger partial charge in [-0.2, -0.15) is 0 Å². The molecule has 6 nitrogen and oxygen atoms in total. The van der Waals surface area contributed by atoms with Crippen LogP contribution in [0.3, 0.4) is 0 Å². The molecule has 0 fully saturated rings. The minimum Gasteiger partial charge on any atom is -0.454 e. The van der Waals surface area contributed by atoms with E-state index in [-0.39, 0.29) is 27.5 Å². The van der Waals surface area contributed by atoms with Crippen molar-refractivity contribution in [3.63, 3.8) is 0 Å². The number of ether oxygens (including phenoxy) is 1. The maximum atomic E-state index is 13.3. The van der Waals surface area contributed by atoms with Crippen LogP contribution in [0.4, 0.5) is 10.1 Å². The molecule has 0 saturated carbocycles. The van der Waals surface area contributed by atoms with Crippen LogP contribution in [0.2, 0.25) is 0 Å². The highest BCUT2D eigenvalue weighted by atomic mass is 32.2. The van der Waals surface area contributed by atoms with Gasteiger partial charge in [0, 0.05) is 5.56 Å². The second-order valence-corrected chi connectivity index (χ2v) is 8.08. The summed E-state index contributed by atoms with van der Waals surface area (Å²) in [6.07, 6.45) is 0. The van der Waals surface area contributed by atoms with E-state index in [1.165, 1.54) is 25.1 Å². The SMILES string of the molecule is Cc1cc(F)ccc1S(=O)(=O)Nc1ccccc1C(=O)OCC(=O)c1ccccc1. The third kappa shape index (κ3) is 4.90. The molecule has 0 atom stereocenters. The summed E-state index contributed by atoms with van der Waals surface area (Å²) in [5.74, 6) is -1.80. The molecular weight excluding hydrogens is 409 g/mol. The number of nitrogens with one attached hydrogen (secondary N) is 1. The standard InChI is InChI=1S/C22H18FNO5S/c1-15-13-17(23)11-12-21(15)30(27,28)24-19-10-6-5-9-18(19)22(26)29-14-20(25)16-7-3-2-4-8-16/h2-13,24H,14H2,1H3. The number of esters is 1. The van der Waals surface area contributed by atoms with Crippen molar-refractivity contribution >= 4 is 27.5 Å². The van der Waals surface area contributed by atoms with Gasteiger partial charge in [0.05, 0.1) is 16.1 Å². The fraction of sp³-hybridized carbons (Fsp3) is 0.0909. The fourth-order valence-corrected chi connectivity index (χ4v) is 4.09. The van der Waals surface area contributed by atoms with Crippen molar-refractivity contribution in [2.45, 2.75) is 11.8 Å². The van der Waals surface area contributed by atoms with Gasteiger partial charge in [-0.1, -0.05) is 42.5 Å². The molecule has 3 rings (SSSR count). The summed E-state index contributed by atoms with van der Waals surface area (Å²) in [5.41, 5.74) is 0.544. The number of anilines is 1. The number of hydrogen-bond donors (Lipinski definition) is 1. The molecule has 0 heterocycles. The van der Waals surface area contributed by atoms with E-state index in [2.05, 4.69) is 4.72 Å². The highest BCUT2D eigenvalue weighted by Gasteiger charge is 2.21. The van der Waals surface area contributed by atoms with Crippen LogP contribution in [0.1, 0.15) is 26.3 Å². The van der Waals surface area contributed by atoms with E-state index in [0.717, 1.165) is 18.2 Å². The van der Waals surface area contributed by atoms with Crippen LogP contribution in [0.5, 0.6) is 0 Å². The van der Waals surface area contributed by atoms with E-state index in [4.69, 9.17) is 4.74 Å². The second-order valence-electron chi connectivity index (χ2n) is 6.43. The van der Waals surface area contributed by atoms with Crippen LogP contribution in [0.15, 0.2) is 77.7 Å². The molecular formula is C22H18FNO5S. The molecule has 0 aliphatic heterocycles. The molecule has 154 valence electrons. The number of aryl methyl sites for hydroxylation is 1. The minimum absolute atomic E-state index is 0.0154. The third-order valence-corrected chi connectivity index (χ3v) is 5.77. The Morgan fingerprint density at radius 1 is 0.967 bits per heavy atom. The molecule has 0 radical (unpaired) electrons. The summed E-state index contributed by atoms with van der Waals surface area (Å²) < 4.78 is 46.1. The number of rotatable bonds is 7. The van der Waals surface area contributed by atoms with Crippen molar-refractivity contribution in [3.05, 3.63) is 95.3 Å². The van der Waals surface area contributed by atoms with Crippen LogP contribution >= 0.6 is 0 Å². The summed E-state index contributed by atoms with van der Waals surface area (Å²) in [6, 6.07) is 17.5. The molecule has 0 aliphatic carbocycles. The number of halogens is 1. The predicted octanol–water partition coefficient (Wildman–Crippen LogP) is 3.97. The molecule has 0 spiro atoms. The van der Waals surface area contributed by atoms with Crippen LogP contribution in [0, 0.1) is 12.7 Å². The van der Waals surface area contributed by atoms with E-state index in [9.17, 15) is 22.4 Å². The van der Waals surface area contributed by atoms with Crippen molar-refractivity contribution in [2.75, 3.05) is 11.3 Å². The normalized spacial score (nSPS) is 11.0. The van der Waals surface area contributed by atoms with Gasteiger partial charge in [-0.05, 0) is 42.8 Å². The average Bonchev–Trinajstić information content (AvgIpc) is 2.72. The number of para-hydroxylation sites is 1. The molecule has 30 heavy (non-hydrogen) atoms. The van der Waals surface area contributed by atoms with Gasteiger partial charge in [-0.25, -0.2) is 17.6 Å². The van der Waals surface area contributed by atoms with E-state index < -0.39 is 28.4 Å². The smallest absolute Gasteiger partial charge is 0.340 e. The number of Topliss-reactive ketones (excluding diaryl/α,β-unsaturated/α-hetero) is 1. The van der Waals surface area contributed by atoms with Gasteiger partial charge in [0.2, 0.25) is 0 Å². The Morgan fingerprint density at radius 2 is 1.63 bits per heavy atom. The Hall–Kier alpha value is -3.52. The zero-order valence-corrected chi connectivity index (χ0v) is 16.8. The first-order chi connectivity index (χ1) is 14.3. The van der Waals surface area contributed by atoms with Gasteiger partial charge >= 0.3 is 5.97 Å². The molecule has 0 aliphatic rings. The molecule has 0 saturated heterocycles. The van der Waals surface area contributed by atoms with Crippen LogP contribution in [-0.4, -0.2) is 26.8 Å². The van der Waals surface area contributed by atoms with Gasteiger partial charge in [0.15, 0.2) is 12.4 Å². The first-order valence-electron chi connectivity index (χ1n) is 8.91. The van der Waals surface area contributed by atoms with Gasteiger partial charge in [0.25, 0.3) is 10.0 Å². The Kier molecular flexibility index (Phi) is 6.27. The number of hydrogen-bond acceptors (Lipinski definition) is 5. The Morgan fingerprint density at radius 3 is 2.33 bits per heavy atom. The van der Waals surface area contributed by atoms with Crippen LogP contribution in [0.25, 0.3) is 0 Å². The molecule has 0 amide bonds. The third-order valence-electron chi connectivity index (χ3n) is 4.25. The lowest BCUT2D eigenvalue weighted by atomic mass is 10.1. The molecule has 0 aromatic heterocycles. The highest BCUT2D eigenvalue weighted by Crippen LogP contribution is 2.23. The predicted molar refractivity (Wildman–Crippen MR) is 109 cm³/mol. The largest absolute Gasteiger partial charge is 0.454 e. The Labute approximate surface area is 173 Å². The zero-order valence-electron chi connectivity index (χ0n) is 16.0. The summed E-state index contributed by atoms with van der Waals surface area (Å²) in [4.78, 5) is 24.5. The molecule has 0 bridgehead atoms.